The number of carboxylic acids is 1. The number of carboxylic acid groups (broad SMARTS) is 1. The fourth-order valence-corrected chi connectivity index (χ4v) is 13.2. The second-order valence-corrected chi connectivity index (χ2v) is 27.2. The zero-order valence-corrected chi connectivity index (χ0v) is 46.3. The number of aliphatic hydroxyl groups is 2. The van der Waals surface area contributed by atoms with Gasteiger partial charge in [0.15, 0.2) is 24.3 Å². The van der Waals surface area contributed by atoms with E-state index in [1.54, 1.807) is 41.5 Å². The van der Waals surface area contributed by atoms with Crippen molar-refractivity contribution in [2.45, 2.75) is 272 Å². The molecule has 0 amide bonds. The summed E-state index contributed by atoms with van der Waals surface area (Å²) in [6.07, 6.45) is 11.2. The minimum atomic E-state index is -1.07. The Morgan fingerprint density at radius 2 is 1.06 bits per heavy atom. The van der Waals surface area contributed by atoms with E-state index in [4.69, 9.17) is 38.3 Å². The molecule has 11 rings (SSSR count). The predicted molar refractivity (Wildman–Crippen MR) is 263 cm³/mol. The zero-order chi connectivity index (χ0) is 53.3. The molecule has 0 aromatic heterocycles. The van der Waals surface area contributed by atoms with Crippen LogP contribution in [-0.2, 0) is 57.1 Å². The van der Waals surface area contributed by atoms with Crippen LogP contribution in [0.2, 0.25) is 0 Å². The summed E-state index contributed by atoms with van der Waals surface area (Å²) in [5.74, 6) is 0.211. The Morgan fingerprint density at radius 1 is 0.592 bits per heavy atom. The van der Waals surface area contributed by atoms with Crippen LogP contribution in [0.1, 0.15) is 214 Å². The molecule has 3 aliphatic heterocycles. The highest BCUT2D eigenvalue weighted by Crippen LogP contribution is 2.65. The average molecular weight is 1010 g/mol. The van der Waals surface area contributed by atoms with Crippen molar-refractivity contribution in [1.82, 2.24) is 0 Å². The van der Waals surface area contributed by atoms with Crippen LogP contribution in [0.4, 0.5) is 0 Å². The van der Waals surface area contributed by atoms with Gasteiger partial charge in [-0.3, -0.25) is 19.2 Å². The molecule has 7 atom stereocenters. The first-order valence-electron chi connectivity index (χ1n) is 27.0. The lowest BCUT2D eigenvalue weighted by Gasteiger charge is -2.62. The molecule has 3 heterocycles. The van der Waals surface area contributed by atoms with E-state index in [0.717, 1.165) is 49.9 Å². The number of hydrogen-bond acceptors (Lipinski definition) is 14. The van der Waals surface area contributed by atoms with Gasteiger partial charge in [0.25, 0.3) is 0 Å². The van der Waals surface area contributed by atoms with E-state index in [-0.39, 0.29) is 34.3 Å². The fraction of sp³-hybridized carbons (Fsp3) is 0.911. The highest BCUT2D eigenvalue weighted by atomic mass is 16.9. The third-order valence-corrected chi connectivity index (χ3v) is 18.7. The molecule has 7 unspecified atom stereocenters. The topological polar surface area (TPSA) is 211 Å². The van der Waals surface area contributed by atoms with E-state index < -0.39 is 87.4 Å². The summed E-state index contributed by atoms with van der Waals surface area (Å²) in [6.45, 7) is 30.5. The van der Waals surface area contributed by atoms with E-state index in [1.807, 2.05) is 48.5 Å². The molecule has 8 bridgehead atoms. The predicted octanol–water partition coefficient (Wildman–Crippen LogP) is 9.77. The van der Waals surface area contributed by atoms with Gasteiger partial charge >= 0.3 is 29.8 Å². The van der Waals surface area contributed by atoms with Gasteiger partial charge in [-0.05, 0) is 190 Å². The van der Waals surface area contributed by atoms with Gasteiger partial charge in [0.05, 0.1) is 32.9 Å². The number of carbonyl (C=O) groups is 5. The van der Waals surface area contributed by atoms with Gasteiger partial charge in [-0.1, -0.05) is 27.7 Å². The van der Waals surface area contributed by atoms with Crippen molar-refractivity contribution in [3.8, 4) is 0 Å². The Hall–Kier alpha value is -2.85. The first-order valence-corrected chi connectivity index (χ1v) is 27.0. The molecule has 0 spiro atoms. The first-order chi connectivity index (χ1) is 32.4. The monoisotopic (exact) mass is 1000 g/mol. The molecule has 15 nitrogen and oxygen atoms in total. The Morgan fingerprint density at radius 3 is 1.49 bits per heavy atom. The lowest BCUT2D eigenvalue weighted by Crippen LogP contribution is -2.67. The number of rotatable bonds is 12. The maximum Gasteiger partial charge on any atom is 0.350 e. The van der Waals surface area contributed by atoms with E-state index in [0.29, 0.717) is 32.1 Å². The number of ether oxygens (including phenoxy) is 7. The van der Waals surface area contributed by atoms with Crippen LogP contribution in [0, 0.1) is 50.7 Å². The minimum Gasteiger partial charge on any atom is -0.481 e. The van der Waals surface area contributed by atoms with E-state index in [1.165, 1.54) is 38.5 Å². The Balaban J connectivity index is 0.000000162. The van der Waals surface area contributed by atoms with Crippen molar-refractivity contribution < 1.29 is 72.5 Å². The quantitative estimate of drug-likeness (QED) is 0.123. The summed E-state index contributed by atoms with van der Waals surface area (Å²) < 4.78 is 39.7. The average Bonchev–Trinajstić information content (AvgIpc) is 3.83. The van der Waals surface area contributed by atoms with Crippen LogP contribution < -0.4 is 0 Å². The molecule has 406 valence electrons. The van der Waals surface area contributed by atoms with Crippen molar-refractivity contribution in [3.63, 3.8) is 0 Å². The second kappa shape index (κ2) is 19.7. The van der Waals surface area contributed by atoms with E-state index in [9.17, 15) is 34.2 Å². The largest absolute Gasteiger partial charge is 0.481 e. The first kappa shape index (κ1) is 57.4. The number of aliphatic carboxylic acids is 1. The van der Waals surface area contributed by atoms with Crippen molar-refractivity contribution in [2.75, 3.05) is 0 Å². The third-order valence-electron chi connectivity index (χ3n) is 18.7. The van der Waals surface area contributed by atoms with Gasteiger partial charge in [0, 0.05) is 24.7 Å². The van der Waals surface area contributed by atoms with Crippen molar-refractivity contribution in [2.24, 2.45) is 50.7 Å². The molecular formula is C56H92O15. The lowest BCUT2D eigenvalue weighted by atomic mass is 9.46. The summed E-state index contributed by atoms with van der Waals surface area (Å²) in [4.78, 5) is 59.4. The number of carbonyl (C=O) groups excluding carboxylic acids is 4. The standard InChI is InChI=1S/C19H32O2.C16H26O4.C15H22O7.C6H12O2/c1-6-17(2,3)16(20)21-18(4,5)19-10-13-7-14(11-19)9-15(8-13)12-19;1-4-13(2,3)12(17)20-16-7-11-5-14(18,9-16)8-15(19,6-11)10-16;1-6-14(2,3)13(17)20-9-7-8(18-11(9)16)10-12(19-7)22-15(4,5)21-10;1-4-6(2,3)5(7)8/h13-15H,6-12H2,1-5H3;11,18-19H,4-10H2,1-3H3;7-10,12H,6H2,1-5H3;4H2,1-3H3,(H,7,8). The molecule has 0 aromatic carbocycles. The van der Waals surface area contributed by atoms with Gasteiger partial charge in [-0.15, -0.1) is 0 Å². The molecule has 3 N–H and O–H groups in total. The van der Waals surface area contributed by atoms with Gasteiger partial charge in [0.1, 0.15) is 17.3 Å². The van der Waals surface area contributed by atoms with E-state index in [2.05, 4.69) is 20.8 Å². The molecule has 8 aliphatic carbocycles. The molecule has 3 saturated heterocycles. The maximum absolute atomic E-state index is 12.6. The number of hydrogen-bond donors (Lipinski definition) is 3. The maximum atomic E-state index is 12.6. The van der Waals surface area contributed by atoms with Crippen LogP contribution in [0.3, 0.4) is 0 Å². The summed E-state index contributed by atoms with van der Waals surface area (Å²) in [6, 6.07) is 0. The molecule has 71 heavy (non-hydrogen) atoms. The molecule has 8 saturated carbocycles. The highest BCUT2D eigenvalue weighted by Gasteiger charge is 2.66. The van der Waals surface area contributed by atoms with Gasteiger partial charge in [-0.25, -0.2) is 4.79 Å². The van der Waals surface area contributed by atoms with Gasteiger partial charge in [0.2, 0.25) is 6.10 Å². The summed E-state index contributed by atoms with van der Waals surface area (Å²) >= 11 is 0. The van der Waals surface area contributed by atoms with Crippen LogP contribution in [-0.4, -0.2) is 104 Å². The van der Waals surface area contributed by atoms with Crippen molar-refractivity contribution in [1.29, 1.82) is 0 Å². The second-order valence-electron chi connectivity index (χ2n) is 27.2. The highest BCUT2D eigenvalue weighted by molar-refractivity contribution is 5.84. The Kier molecular flexibility index (Phi) is 15.9. The molecular weight excluding hydrogens is 913 g/mol. The molecule has 11 fully saturated rings. The Bertz CT molecular complexity index is 1940. The molecule has 11 aliphatic rings. The third kappa shape index (κ3) is 12.0. The summed E-state index contributed by atoms with van der Waals surface area (Å²) in [5, 5.41) is 29.8. The van der Waals surface area contributed by atoms with E-state index >= 15 is 0 Å². The molecule has 15 heteroatoms. The normalized spacial score (nSPS) is 38.0. The number of fused-ring (bicyclic) bond motifs is 3. The smallest absolute Gasteiger partial charge is 0.350 e. The van der Waals surface area contributed by atoms with Crippen LogP contribution in [0.25, 0.3) is 0 Å². The minimum absolute atomic E-state index is 0.00857. The SMILES string of the molecule is CCC(C)(C)C(=O)O.CCC(C)(C)C(=O)OC(C)(C)C12CC3CC(CC(C3)C1)C2.CCC(C)(C)C(=O)OC12CC3CC(O)(CC(O)(C3)C1)C2.CCC(C)(C)C(=O)OC1C(=O)OC2C3OC(C)(C)OC3OC12. The van der Waals surface area contributed by atoms with Crippen molar-refractivity contribution in [3.05, 3.63) is 0 Å². The number of esters is 4. The summed E-state index contributed by atoms with van der Waals surface area (Å²) in [7, 11) is 0. The lowest BCUT2D eigenvalue weighted by molar-refractivity contribution is -0.264. The van der Waals surface area contributed by atoms with Crippen LogP contribution in [0.15, 0.2) is 0 Å². The van der Waals surface area contributed by atoms with Gasteiger partial charge in [-0.2, -0.15) is 0 Å². The van der Waals surface area contributed by atoms with Gasteiger partial charge < -0.3 is 48.5 Å². The molecule has 0 radical (unpaired) electrons. The van der Waals surface area contributed by atoms with Crippen molar-refractivity contribution >= 4 is 29.8 Å². The Labute approximate surface area is 424 Å². The van der Waals surface area contributed by atoms with Crippen LogP contribution >= 0.6 is 0 Å². The zero-order valence-electron chi connectivity index (χ0n) is 46.3. The molecule has 0 aromatic rings. The summed E-state index contributed by atoms with van der Waals surface area (Å²) in [5.41, 5.74) is -4.47. The van der Waals surface area contributed by atoms with Crippen LogP contribution in [0.5, 0.6) is 0 Å². The fourth-order valence-electron chi connectivity index (χ4n) is 13.2.